The third-order valence-corrected chi connectivity index (χ3v) is 4.70. The van der Waals surface area contributed by atoms with Crippen molar-refractivity contribution < 1.29 is 9.00 Å². The number of amides is 1. The fourth-order valence-corrected chi connectivity index (χ4v) is 2.73. The number of hydrogen-bond acceptors (Lipinski definition) is 3. The molecule has 1 amide bonds. The Kier molecular flexibility index (Phi) is 3.72. The summed E-state index contributed by atoms with van der Waals surface area (Å²) in [5, 5.41) is 9.24. The standard InChI is InChI=1S/C14H16N2O2S/c1-16(14(10-15)8-3-9-14)13(17)11-4-6-12(7-5-11)19(2)18/h4-7H,3,8-9H2,1-2H3/t19-/m1/s1. The second-order valence-corrected chi connectivity index (χ2v) is 6.22. The van der Waals surface area contributed by atoms with Gasteiger partial charge in [0, 0.05) is 34.6 Å². The van der Waals surface area contributed by atoms with Crippen molar-refractivity contribution in [3.05, 3.63) is 29.8 Å². The summed E-state index contributed by atoms with van der Waals surface area (Å²) < 4.78 is 11.3. The number of nitrogens with zero attached hydrogens (tertiary/aromatic N) is 2. The monoisotopic (exact) mass is 276 g/mol. The largest absolute Gasteiger partial charge is 0.323 e. The Labute approximate surface area is 115 Å². The third-order valence-electron chi connectivity index (χ3n) is 3.77. The Morgan fingerprint density at radius 1 is 1.37 bits per heavy atom. The molecule has 0 saturated heterocycles. The van der Waals surface area contributed by atoms with Crippen molar-refractivity contribution >= 4 is 16.7 Å². The average molecular weight is 276 g/mol. The molecule has 1 aromatic rings. The maximum atomic E-state index is 12.3. The molecule has 0 aliphatic heterocycles. The van der Waals surface area contributed by atoms with E-state index >= 15 is 0 Å². The molecule has 1 aliphatic carbocycles. The number of benzene rings is 1. The average Bonchev–Trinajstić information content (AvgIpc) is 2.37. The predicted octanol–water partition coefficient (Wildman–Crippen LogP) is 1.94. The van der Waals surface area contributed by atoms with Crippen LogP contribution < -0.4 is 0 Å². The number of nitriles is 1. The topological polar surface area (TPSA) is 61.2 Å². The van der Waals surface area contributed by atoms with Gasteiger partial charge in [0.2, 0.25) is 0 Å². The molecule has 0 N–H and O–H groups in total. The minimum absolute atomic E-state index is 0.158. The highest BCUT2D eigenvalue weighted by atomic mass is 32.2. The minimum atomic E-state index is -1.05. The Morgan fingerprint density at radius 3 is 2.32 bits per heavy atom. The molecule has 0 aromatic heterocycles. The van der Waals surface area contributed by atoms with Crippen LogP contribution in [0.25, 0.3) is 0 Å². The summed E-state index contributed by atoms with van der Waals surface area (Å²) in [6.45, 7) is 0. The van der Waals surface area contributed by atoms with Crippen LogP contribution in [0.15, 0.2) is 29.2 Å². The van der Waals surface area contributed by atoms with E-state index < -0.39 is 16.3 Å². The van der Waals surface area contributed by atoms with E-state index in [-0.39, 0.29) is 5.91 Å². The summed E-state index contributed by atoms with van der Waals surface area (Å²) >= 11 is 0. The van der Waals surface area contributed by atoms with E-state index in [1.165, 1.54) is 4.90 Å². The molecule has 1 aliphatic rings. The first-order chi connectivity index (χ1) is 9.00. The normalized spacial score (nSPS) is 17.9. The molecule has 100 valence electrons. The molecule has 1 saturated carbocycles. The van der Waals surface area contributed by atoms with Gasteiger partial charge in [0.15, 0.2) is 0 Å². The van der Waals surface area contributed by atoms with Gasteiger partial charge in [0.1, 0.15) is 5.54 Å². The second kappa shape index (κ2) is 5.14. The molecule has 0 spiro atoms. The number of hydrogen-bond donors (Lipinski definition) is 0. The van der Waals surface area contributed by atoms with Crippen LogP contribution in [0.1, 0.15) is 29.6 Å². The Balaban J connectivity index is 2.20. The lowest BCUT2D eigenvalue weighted by Crippen LogP contribution is -2.53. The van der Waals surface area contributed by atoms with Crippen molar-refractivity contribution in [3.63, 3.8) is 0 Å². The van der Waals surface area contributed by atoms with Gasteiger partial charge in [-0.25, -0.2) is 0 Å². The highest BCUT2D eigenvalue weighted by Crippen LogP contribution is 2.36. The molecule has 1 aromatic carbocycles. The van der Waals surface area contributed by atoms with E-state index in [2.05, 4.69) is 6.07 Å². The van der Waals surface area contributed by atoms with Crippen molar-refractivity contribution in [1.29, 1.82) is 5.26 Å². The maximum Gasteiger partial charge on any atom is 0.254 e. The van der Waals surface area contributed by atoms with Crippen molar-refractivity contribution in [2.45, 2.75) is 29.7 Å². The van der Waals surface area contributed by atoms with Crippen LogP contribution in [0.5, 0.6) is 0 Å². The van der Waals surface area contributed by atoms with Gasteiger partial charge in [-0.05, 0) is 43.5 Å². The summed E-state index contributed by atoms with van der Waals surface area (Å²) in [7, 11) is 0.630. The van der Waals surface area contributed by atoms with Gasteiger partial charge >= 0.3 is 0 Å². The zero-order valence-corrected chi connectivity index (χ0v) is 11.9. The lowest BCUT2D eigenvalue weighted by molar-refractivity contribution is 0.0497. The van der Waals surface area contributed by atoms with Crippen LogP contribution in [-0.2, 0) is 10.8 Å². The zero-order chi connectivity index (χ0) is 14.0. The lowest BCUT2D eigenvalue weighted by Gasteiger charge is -2.42. The first-order valence-electron chi connectivity index (χ1n) is 6.13. The quantitative estimate of drug-likeness (QED) is 0.847. The smallest absolute Gasteiger partial charge is 0.254 e. The molecular weight excluding hydrogens is 260 g/mol. The van der Waals surface area contributed by atoms with Gasteiger partial charge < -0.3 is 4.90 Å². The Bertz CT molecular complexity index is 556. The van der Waals surface area contributed by atoms with Gasteiger partial charge in [-0.15, -0.1) is 0 Å². The fourth-order valence-electron chi connectivity index (χ4n) is 2.21. The van der Waals surface area contributed by atoms with Crippen molar-refractivity contribution in [3.8, 4) is 6.07 Å². The number of rotatable bonds is 3. The predicted molar refractivity (Wildman–Crippen MR) is 73.1 cm³/mol. The lowest BCUT2D eigenvalue weighted by atomic mass is 9.76. The Hall–Kier alpha value is -1.67. The summed E-state index contributed by atoms with van der Waals surface area (Å²) in [5.74, 6) is -0.158. The highest BCUT2D eigenvalue weighted by Gasteiger charge is 2.43. The Morgan fingerprint density at radius 2 is 1.95 bits per heavy atom. The van der Waals surface area contributed by atoms with Gasteiger partial charge in [-0.3, -0.25) is 9.00 Å². The molecule has 1 fully saturated rings. The molecular formula is C14H16N2O2S. The second-order valence-electron chi connectivity index (χ2n) is 4.84. The van der Waals surface area contributed by atoms with Crippen molar-refractivity contribution in [2.24, 2.45) is 0 Å². The van der Waals surface area contributed by atoms with E-state index in [1.807, 2.05) is 0 Å². The van der Waals surface area contributed by atoms with Crippen LogP contribution >= 0.6 is 0 Å². The van der Waals surface area contributed by atoms with Crippen LogP contribution in [0.4, 0.5) is 0 Å². The van der Waals surface area contributed by atoms with Crippen LogP contribution in [0.2, 0.25) is 0 Å². The van der Waals surface area contributed by atoms with Gasteiger partial charge in [0.05, 0.1) is 6.07 Å². The molecule has 19 heavy (non-hydrogen) atoms. The molecule has 0 bridgehead atoms. The van der Waals surface area contributed by atoms with Crippen molar-refractivity contribution in [1.82, 2.24) is 4.90 Å². The molecule has 1 atom stereocenters. The van der Waals surface area contributed by atoms with Crippen molar-refractivity contribution in [2.75, 3.05) is 13.3 Å². The molecule has 4 nitrogen and oxygen atoms in total. The van der Waals surface area contributed by atoms with E-state index in [9.17, 15) is 14.3 Å². The van der Waals surface area contributed by atoms with Crippen LogP contribution in [0.3, 0.4) is 0 Å². The fraction of sp³-hybridized carbons (Fsp3) is 0.429. The molecule has 0 radical (unpaired) electrons. The summed E-state index contributed by atoms with van der Waals surface area (Å²) in [6, 6.07) is 8.97. The molecule has 0 heterocycles. The van der Waals surface area contributed by atoms with E-state index in [0.717, 1.165) is 19.3 Å². The summed E-state index contributed by atoms with van der Waals surface area (Å²) in [6.07, 6.45) is 4.06. The third kappa shape index (κ3) is 2.41. The van der Waals surface area contributed by atoms with E-state index in [4.69, 9.17) is 0 Å². The highest BCUT2D eigenvalue weighted by molar-refractivity contribution is 7.84. The van der Waals surface area contributed by atoms with E-state index in [0.29, 0.717) is 10.5 Å². The SMILES string of the molecule is CN(C(=O)c1ccc([S@@](C)=O)cc1)C1(C#N)CCC1. The molecule has 5 heteroatoms. The first-order valence-corrected chi connectivity index (χ1v) is 7.69. The minimum Gasteiger partial charge on any atom is -0.323 e. The molecule has 0 unspecified atom stereocenters. The number of carbonyl (C=O) groups is 1. The summed E-state index contributed by atoms with van der Waals surface area (Å²) in [5.41, 5.74) is -0.109. The maximum absolute atomic E-state index is 12.3. The van der Waals surface area contributed by atoms with Crippen LogP contribution in [-0.4, -0.2) is 33.9 Å². The zero-order valence-electron chi connectivity index (χ0n) is 11.0. The first kappa shape index (κ1) is 13.8. The van der Waals surface area contributed by atoms with E-state index in [1.54, 1.807) is 37.6 Å². The molecule has 2 rings (SSSR count). The number of carbonyl (C=O) groups excluding carboxylic acids is 1. The summed E-state index contributed by atoms with van der Waals surface area (Å²) in [4.78, 5) is 14.6. The van der Waals surface area contributed by atoms with Gasteiger partial charge in [-0.2, -0.15) is 5.26 Å². The van der Waals surface area contributed by atoms with Gasteiger partial charge in [0.25, 0.3) is 5.91 Å². The van der Waals surface area contributed by atoms with Gasteiger partial charge in [-0.1, -0.05) is 0 Å². The van der Waals surface area contributed by atoms with Crippen LogP contribution in [0, 0.1) is 11.3 Å².